The number of hydrogen-bond donors (Lipinski definition) is 1. The van der Waals surface area contributed by atoms with Gasteiger partial charge >= 0.3 is 0 Å². The molecule has 1 fully saturated rings. The second kappa shape index (κ2) is 9.17. The van der Waals surface area contributed by atoms with Crippen molar-refractivity contribution in [2.24, 2.45) is 11.7 Å². The molecule has 1 saturated carbocycles. The van der Waals surface area contributed by atoms with Crippen molar-refractivity contribution in [3.05, 3.63) is 0 Å². The minimum absolute atomic E-state index is 0.836. The van der Waals surface area contributed by atoms with Crippen molar-refractivity contribution in [3.63, 3.8) is 0 Å². The first kappa shape index (κ1) is 13.0. The Bertz CT molecular complexity index is 132. The molecule has 0 spiro atoms. The Morgan fingerprint density at radius 1 is 0.933 bits per heavy atom. The molecule has 15 heavy (non-hydrogen) atoms. The molecular weight excluding hydrogens is 186 g/mol. The summed E-state index contributed by atoms with van der Waals surface area (Å²) in [5, 5.41) is 0. The molecule has 2 N–H and O–H groups in total. The molecule has 2 nitrogen and oxygen atoms in total. The Kier molecular flexibility index (Phi) is 7.94. The molecule has 0 atom stereocenters. The molecule has 0 saturated heterocycles. The van der Waals surface area contributed by atoms with Gasteiger partial charge in [0.05, 0.1) is 0 Å². The van der Waals surface area contributed by atoms with Crippen LogP contribution in [0.5, 0.6) is 0 Å². The second-order valence-corrected chi connectivity index (χ2v) is 4.78. The number of nitrogens with two attached hydrogens (primary N) is 1. The van der Waals surface area contributed by atoms with Crippen molar-refractivity contribution in [1.29, 1.82) is 0 Å². The van der Waals surface area contributed by atoms with E-state index in [0.29, 0.717) is 0 Å². The van der Waals surface area contributed by atoms with Crippen LogP contribution < -0.4 is 5.73 Å². The van der Waals surface area contributed by atoms with Gasteiger partial charge in [0, 0.05) is 13.2 Å². The van der Waals surface area contributed by atoms with Gasteiger partial charge in [0.15, 0.2) is 0 Å². The maximum atomic E-state index is 5.72. The minimum atomic E-state index is 0.836. The normalized spacial score (nSPS) is 18.2. The minimum Gasteiger partial charge on any atom is -0.381 e. The van der Waals surface area contributed by atoms with Crippen molar-refractivity contribution < 1.29 is 4.74 Å². The highest BCUT2D eigenvalue weighted by molar-refractivity contribution is 4.64. The Labute approximate surface area is 94.6 Å². The zero-order valence-electron chi connectivity index (χ0n) is 10.0. The van der Waals surface area contributed by atoms with Gasteiger partial charge in [-0.2, -0.15) is 0 Å². The maximum absolute atomic E-state index is 5.72. The average molecular weight is 213 g/mol. The molecule has 0 amide bonds. The van der Waals surface area contributed by atoms with Crippen LogP contribution in [0.1, 0.15) is 57.8 Å². The van der Waals surface area contributed by atoms with Gasteiger partial charge in [0.2, 0.25) is 0 Å². The third-order valence-electron chi connectivity index (χ3n) is 3.32. The van der Waals surface area contributed by atoms with Crippen LogP contribution in [0.2, 0.25) is 0 Å². The fourth-order valence-electron chi connectivity index (χ4n) is 2.31. The van der Waals surface area contributed by atoms with Crippen LogP contribution in [0.15, 0.2) is 0 Å². The molecule has 90 valence electrons. The predicted molar refractivity (Wildman–Crippen MR) is 64.9 cm³/mol. The summed E-state index contributed by atoms with van der Waals surface area (Å²) in [5.41, 5.74) is 5.44. The maximum Gasteiger partial charge on any atom is 0.0494 e. The lowest BCUT2D eigenvalue weighted by Gasteiger charge is -2.21. The topological polar surface area (TPSA) is 35.2 Å². The highest BCUT2D eigenvalue weighted by atomic mass is 16.5. The van der Waals surface area contributed by atoms with Crippen LogP contribution in [-0.2, 0) is 4.74 Å². The van der Waals surface area contributed by atoms with Crippen molar-refractivity contribution in [2.75, 3.05) is 19.8 Å². The summed E-state index contributed by atoms with van der Waals surface area (Å²) in [7, 11) is 0. The van der Waals surface area contributed by atoms with E-state index < -0.39 is 0 Å². The van der Waals surface area contributed by atoms with Crippen LogP contribution in [0, 0.1) is 5.92 Å². The molecule has 0 aliphatic heterocycles. The second-order valence-electron chi connectivity index (χ2n) is 4.78. The molecule has 1 aliphatic rings. The zero-order valence-corrected chi connectivity index (χ0v) is 10.0. The van der Waals surface area contributed by atoms with E-state index in [1.54, 1.807) is 0 Å². The summed E-state index contributed by atoms with van der Waals surface area (Å²) in [6.45, 7) is 2.81. The zero-order chi connectivity index (χ0) is 10.8. The van der Waals surface area contributed by atoms with Gasteiger partial charge in [0.25, 0.3) is 0 Å². The van der Waals surface area contributed by atoms with E-state index >= 15 is 0 Å². The van der Waals surface area contributed by atoms with E-state index in [2.05, 4.69) is 0 Å². The van der Waals surface area contributed by atoms with E-state index in [4.69, 9.17) is 10.5 Å². The third-order valence-corrected chi connectivity index (χ3v) is 3.32. The molecule has 0 heterocycles. The highest BCUT2D eigenvalue weighted by Gasteiger charge is 2.12. The van der Waals surface area contributed by atoms with Crippen LogP contribution in [0.4, 0.5) is 0 Å². The van der Waals surface area contributed by atoms with Crippen molar-refractivity contribution in [2.45, 2.75) is 57.8 Å². The smallest absolute Gasteiger partial charge is 0.0494 e. The number of hydrogen-bond acceptors (Lipinski definition) is 2. The lowest BCUT2D eigenvalue weighted by atomic mass is 9.90. The standard InChI is InChI=1S/C13H27NO/c14-10-6-1-2-7-11-15-12-13-8-4-3-5-9-13/h13H,1-12,14H2. The molecular formula is C13H27NO. The Morgan fingerprint density at radius 3 is 2.40 bits per heavy atom. The van der Waals surface area contributed by atoms with Gasteiger partial charge in [-0.25, -0.2) is 0 Å². The van der Waals surface area contributed by atoms with Crippen molar-refractivity contribution in [1.82, 2.24) is 0 Å². The number of unbranched alkanes of at least 4 members (excludes halogenated alkanes) is 3. The van der Waals surface area contributed by atoms with Crippen molar-refractivity contribution in [3.8, 4) is 0 Å². The van der Waals surface area contributed by atoms with Gasteiger partial charge in [-0.05, 0) is 38.1 Å². The van der Waals surface area contributed by atoms with Crippen LogP contribution in [-0.4, -0.2) is 19.8 Å². The summed E-state index contributed by atoms with van der Waals surface area (Å²) >= 11 is 0. The summed E-state index contributed by atoms with van der Waals surface area (Å²) in [4.78, 5) is 0. The quantitative estimate of drug-likeness (QED) is 0.629. The molecule has 0 unspecified atom stereocenters. The predicted octanol–water partition coefficient (Wildman–Crippen LogP) is 3.10. The molecule has 1 aliphatic carbocycles. The first-order chi connectivity index (χ1) is 7.43. The third kappa shape index (κ3) is 6.91. The number of ether oxygens (including phenoxy) is 1. The molecule has 2 heteroatoms. The monoisotopic (exact) mass is 213 g/mol. The van der Waals surface area contributed by atoms with E-state index in [-0.39, 0.29) is 0 Å². The van der Waals surface area contributed by atoms with E-state index in [1.165, 1.54) is 57.8 Å². The molecule has 1 rings (SSSR count). The van der Waals surface area contributed by atoms with Crippen LogP contribution >= 0.6 is 0 Å². The first-order valence-electron chi connectivity index (χ1n) is 6.71. The molecule has 0 radical (unpaired) electrons. The molecule has 0 aromatic carbocycles. The van der Waals surface area contributed by atoms with Crippen molar-refractivity contribution >= 4 is 0 Å². The number of rotatable bonds is 8. The van der Waals surface area contributed by atoms with Gasteiger partial charge in [0.1, 0.15) is 0 Å². The van der Waals surface area contributed by atoms with Gasteiger partial charge in [-0.1, -0.05) is 32.1 Å². The summed E-state index contributed by atoms with van der Waals surface area (Å²) in [6, 6.07) is 0. The van der Waals surface area contributed by atoms with Crippen LogP contribution in [0.3, 0.4) is 0 Å². The highest BCUT2D eigenvalue weighted by Crippen LogP contribution is 2.23. The van der Waals surface area contributed by atoms with Gasteiger partial charge < -0.3 is 10.5 Å². The Morgan fingerprint density at radius 2 is 1.67 bits per heavy atom. The fourth-order valence-corrected chi connectivity index (χ4v) is 2.31. The van der Waals surface area contributed by atoms with E-state index in [1.807, 2.05) is 0 Å². The van der Waals surface area contributed by atoms with E-state index in [0.717, 1.165) is 25.7 Å². The molecule has 0 aromatic rings. The van der Waals surface area contributed by atoms with Crippen LogP contribution in [0.25, 0.3) is 0 Å². The fraction of sp³-hybridized carbons (Fsp3) is 1.00. The molecule has 0 aromatic heterocycles. The summed E-state index contributed by atoms with van der Waals surface area (Å²) in [5.74, 6) is 0.864. The summed E-state index contributed by atoms with van der Waals surface area (Å²) in [6.07, 6.45) is 12.0. The summed E-state index contributed by atoms with van der Waals surface area (Å²) < 4.78 is 5.72. The van der Waals surface area contributed by atoms with E-state index in [9.17, 15) is 0 Å². The molecule has 0 bridgehead atoms. The average Bonchev–Trinajstić information content (AvgIpc) is 2.29. The largest absolute Gasteiger partial charge is 0.381 e. The van der Waals surface area contributed by atoms with Gasteiger partial charge in [-0.3, -0.25) is 0 Å². The lowest BCUT2D eigenvalue weighted by molar-refractivity contribution is 0.0825. The first-order valence-corrected chi connectivity index (χ1v) is 6.71. The Hall–Kier alpha value is -0.0800. The Balaban J connectivity index is 1.79. The van der Waals surface area contributed by atoms with Gasteiger partial charge in [-0.15, -0.1) is 0 Å². The SMILES string of the molecule is NCCCCCCOCC1CCCCC1. The lowest BCUT2D eigenvalue weighted by Crippen LogP contribution is -2.13.